The number of hydrogen-bond acceptors (Lipinski definition) is 9. The van der Waals surface area contributed by atoms with Gasteiger partial charge in [-0.05, 0) is 43.7 Å². The Morgan fingerprint density at radius 1 is 0.931 bits per heavy atom. The smallest absolute Gasteiger partial charge is 0.423 e. The minimum atomic E-state index is -0.992. The van der Waals surface area contributed by atoms with Gasteiger partial charge in [0.05, 0.1) is 25.6 Å². The van der Waals surface area contributed by atoms with Crippen molar-refractivity contribution in [1.82, 2.24) is 0 Å². The van der Waals surface area contributed by atoms with Crippen LogP contribution in [0.25, 0.3) is 0 Å². The van der Waals surface area contributed by atoms with E-state index in [1.54, 1.807) is 26.2 Å². The second-order valence-corrected chi connectivity index (χ2v) is 8.36. The molecule has 0 radical (unpaired) electrons. The molecule has 29 heavy (non-hydrogen) atoms. The number of nitrogens with one attached hydrogen (secondary N) is 1. The van der Waals surface area contributed by atoms with Gasteiger partial charge in [0, 0.05) is 0 Å². The molecule has 0 aliphatic carbocycles. The highest BCUT2D eigenvalue weighted by atomic mass is 32.1. The fourth-order valence-electron chi connectivity index (χ4n) is 2.15. The van der Waals surface area contributed by atoms with Crippen LogP contribution < -0.4 is 10.2 Å². The van der Waals surface area contributed by atoms with Crippen molar-refractivity contribution >= 4 is 58.1 Å². The van der Waals surface area contributed by atoms with Gasteiger partial charge in [-0.25, -0.2) is 19.2 Å². The van der Waals surface area contributed by atoms with Gasteiger partial charge in [0.2, 0.25) is 0 Å². The van der Waals surface area contributed by atoms with E-state index in [4.69, 9.17) is 9.47 Å². The number of carbonyl (C=O) groups excluding carboxylic acids is 4. The van der Waals surface area contributed by atoms with Gasteiger partial charge in [-0.3, -0.25) is 0 Å². The molecule has 11 heteroatoms. The fraction of sp³-hybridized carbons (Fsp3) is 0.333. The maximum absolute atomic E-state index is 13.0. The SMILES string of the molecule is COC(=O)c1sccc1NC(=O)N(C(=O)OC(C)(C)C)c1ccsc1C(=O)OC. The van der Waals surface area contributed by atoms with Crippen LogP contribution in [0.5, 0.6) is 0 Å². The Bertz CT molecular complexity index is 927. The number of urea groups is 1. The molecule has 0 unspecified atom stereocenters. The molecule has 9 nitrogen and oxygen atoms in total. The fourth-order valence-corrected chi connectivity index (χ4v) is 3.71. The van der Waals surface area contributed by atoms with Crippen molar-refractivity contribution in [3.05, 3.63) is 32.6 Å². The number of amides is 3. The molecule has 1 N–H and O–H groups in total. The highest BCUT2D eigenvalue weighted by Gasteiger charge is 2.33. The molecule has 0 atom stereocenters. The van der Waals surface area contributed by atoms with Gasteiger partial charge in [0.15, 0.2) is 0 Å². The zero-order valence-electron chi connectivity index (χ0n) is 16.4. The number of anilines is 2. The van der Waals surface area contributed by atoms with Gasteiger partial charge < -0.3 is 19.5 Å². The summed E-state index contributed by atoms with van der Waals surface area (Å²) in [5.41, 5.74) is -0.727. The molecule has 2 aromatic heterocycles. The number of methoxy groups -OCH3 is 2. The van der Waals surface area contributed by atoms with Crippen molar-refractivity contribution in [2.24, 2.45) is 0 Å². The van der Waals surface area contributed by atoms with Crippen LogP contribution in [-0.4, -0.2) is 43.9 Å². The lowest BCUT2D eigenvalue weighted by molar-refractivity contribution is 0.0588. The number of ether oxygens (including phenoxy) is 3. The summed E-state index contributed by atoms with van der Waals surface area (Å²) in [6.45, 7) is 4.93. The average molecular weight is 440 g/mol. The Kier molecular flexibility index (Phi) is 6.98. The standard InChI is InChI=1S/C18H20N2O7S2/c1-18(2,3)27-17(24)20(11-7-9-29-13(11)15(22)26-5)16(23)19-10-6-8-28-12(10)14(21)25-4/h6-9H,1-5H3,(H,19,23). The average Bonchev–Trinajstić information content (AvgIpc) is 3.28. The van der Waals surface area contributed by atoms with E-state index in [9.17, 15) is 19.2 Å². The number of imide groups is 1. The molecular formula is C18H20N2O7S2. The van der Waals surface area contributed by atoms with Crippen molar-refractivity contribution in [2.75, 3.05) is 24.4 Å². The minimum Gasteiger partial charge on any atom is -0.465 e. The van der Waals surface area contributed by atoms with Crippen molar-refractivity contribution in [3.8, 4) is 0 Å². The van der Waals surface area contributed by atoms with Gasteiger partial charge in [-0.1, -0.05) is 0 Å². The molecule has 0 aliphatic heterocycles. The molecule has 0 spiro atoms. The summed E-state index contributed by atoms with van der Waals surface area (Å²) < 4.78 is 14.7. The van der Waals surface area contributed by atoms with Gasteiger partial charge in [-0.2, -0.15) is 4.90 Å². The molecule has 0 fully saturated rings. The summed E-state index contributed by atoms with van der Waals surface area (Å²) in [4.78, 5) is 50.5. The number of hydrogen-bond donors (Lipinski definition) is 1. The largest absolute Gasteiger partial charge is 0.465 e. The van der Waals surface area contributed by atoms with Crippen molar-refractivity contribution in [2.45, 2.75) is 26.4 Å². The second kappa shape index (κ2) is 9.05. The van der Waals surface area contributed by atoms with E-state index in [-0.39, 0.29) is 21.1 Å². The van der Waals surface area contributed by atoms with E-state index in [1.807, 2.05) is 0 Å². The van der Waals surface area contributed by atoms with Crippen LogP contribution in [-0.2, 0) is 14.2 Å². The molecule has 0 saturated heterocycles. The summed E-state index contributed by atoms with van der Waals surface area (Å²) in [5, 5.41) is 5.62. The molecule has 0 aromatic carbocycles. The zero-order valence-corrected chi connectivity index (χ0v) is 18.1. The summed E-state index contributed by atoms with van der Waals surface area (Å²) in [6.07, 6.45) is -0.992. The van der Waals surface area contributed by atoms with Gasteiger partial charge >= 0.3 is 24.1 Å². The van der Waals surface area contributed by atoms with E-state index >= 15 is 0 Å². The van der Waals surface area contributed by atoms with Crippen LogP contribution in [0.2, 0.25) is 0 Å². The predicted molar refractivity (Wildman–Crippen MR) is 109 cm³/mol. The highest BCUT2D eigenvalue weighted by molar-refractivity contribution is 7.13. The molecule has 0 bridgehead atoms. The number of esters is 2. The van der Waals surface area contributed by atoms with E-state index in [0.29, 0.717) is 4.90 Å². The maximum atomic E-state index is 13.0. The third-order valence-corrected chi connectivity index (χ3v) is 5.09. The first-order valence-corrected chi connectivity index (χ1v) is 10.0. The molecule has 3 amide bonds. The molecule has 2 rings (SSSR count). The molecule has 2 aromatic rings. The van der Waals surface area contributed by atoms with Gasteiger partial charge in [0.1, 0.15) is 15.4 Å². The Morgan fingerprint density at radius 2 is 1.48 bits per heavy atom. The lowest BCUT2D eigenvalue weighted by Crippen LogP contribution is -2.43. The lowest BCUT2D eigenvalue weighted by Gasteiger charge is -2.26. The summed E-state index contributed by atoms with van der Waals surface area (Å²) >= 11 is 2.07. The molecule has 0 saturated carbocycles. The van der Waals surface area contributed by atoms with E-state index in [1.165, 1.54) is 31.7 Å². The third kappa shape index (κ3) is 5.33. The van der Waals surface area contributed by atoms with Crippen LogP contribution >= 0.6 is 22.7 Å². The van der Waals surface area contributed by atoms with Crippen molar-refractivity contribution in [1.29, 1.82) is 0 Å². The van der Waals surface area contributed by atoms with Crippen LogP contribution in [0.15, 0.2) is 22.9 Å². The predicted octanol–water partition coefficient (Wildman–Crippen LogP) is 4.36. The number of thiophene rings is 2. The first-order chi connectivity index (χ1) is 13.6. The van der Waals surface area contributed by atoms with E-state index in [0.717, 1.165) is 22.7 Å². The second-order valence-electron chi connectivity index (χ2n) is 6.53. The topological polar surface area (TPSA) is 111 Å². The zero-order chi connectivity index (χ0) is 21.8. The first kappa shape index (κ1) is 22.4. The summed E-state index contributed by atoms with van der Waals surface area (Å²) in [6, 6.07) is 2.01. The lowest BCUT2D eigenvalue weighted by atomic mass is 10.2. The normalized spacial score (nSPS) is 10.8. The molecule has 2 heterocycles. The number of carbonyl (C=O) groups is 4. The quantitative estimate of drug-likeness (QED) is 0.555. The summed E-state index contributed by atoms with van der Waals surface area (Å²) in [5.74, 6) is -1.34. The Balaban J connectivity index is 2.43. The van der Waals surface area contributed by atoms with Crippen LogP contribution in [0.1, 0.15) is 40.1 Å². The van der Waals surface area contributed by atoms with Crippen LogP contribution in [0, 0.1) is 0 Å². The third-order valence-electron chi connectivity index (χ3n) is 3.31. The van der Waals surface area contributed by atoms with E-state index in [2.05, 4.69) is 10.1 Å². The van der Waals surface area contributed by atoms with E-state index < -0.39 is 29.7 Å². The van der Waals surface area contributed by atoms with Gasteiger partial charge in [-0.15, -0.1) is 22.7 Å². The molecular weight excluding hydrogens is 420 g/mol. The number of nitrogens with zero attached hydrogens (tertiary/aromatic N) is 1. The number of rotatable bonds is 4. The monoisotopic (exact) mass is 440 g/mol. The summed E-state index contributed by atoms with van der Waals surface area (Å²) in [7, 11) is 2.41. The Hall–Kier alpha value is -2.92. The first-order valence-electron chi connectivity index (χ1n) is 8.24. The van der Waals surface area contributed by atoms with Crippen molar-refractivity contribution in [3.63, 3.8) is 0 Å². The molecule has 0 aliphatic rings. The molecule has 156 valence electrons. The Morgan fingerprint density at radius 3 is 2.07 bits per heavy atom. The van der Waals surface area contributed by atoms with Crippen LogP contribution in [0.4, 0.5) is 21.0 Å². The Labute approximate surface area is 175 Å². The highest BCUT2D eigenvalue weighted by Crippen LogP contribution is 2.30. The van der Waals surface area contributed by atoms with Crippen molar-refractivity contribution < 1.29 is 33.4 Å². The minimum absolute atomic E-state index is 0.00319. The maximum Gasteiger partial charge on any atom is 0.423 e. The van der Waals surface area contributed by atoms with Gasteiger partial charge in [0.25, 0.3) is 0 Å². The van der Waals surface area contributed by atoms with Crippen LogP contribution in [0.3, 0.4) is 0 Å².